The molecule has 0 saturated heterocycles. The summed E-state index contributed by atoms with van der Waals surface area (Å²) in [7, 11) is 0. The minimum absolute atomic E-state index is 0.0783. The number of phenols is 1. The van der Waals surface area contributed by atoms with E-state index < -0.39 is 4.92 Å². The van der Waals surface area contributed by atoms with E-state index in [1.165, 1.54) is 12.1 Å². The first-order valence-electron chi connectivity index (χ1n) is 5.98. The molecule has 0 heterocycles. The molecule has 0 unspecified atom stereocenters. The molecule has 2 rings (SSSR count). The SMILES string of the molecule is O=[N+]([O-])c1cccc(CNCc2cccc(Br)c2O)c1. The molecule has 2 aromatic rings. The molecule has 0 amide bonds. The molecule has 0 atom stereocenters. The van der Waals surface area contributed by atoms with Crippen LogP contribution in [0.2, 0.25) is 0 Å². The van der Waals surface area contributed by atoms with Crippen molar-refractivity contribution in [1.29, 1.82) is 0 Å². The molecule has 0 aliphatic rings. The van der Waals surface area contributed by atoms with Crippen molar-refractivity contribution in [2.75, 3.05) is 0 Å². The monoisotopic (exact) mass is 336 g/mol. The van der Waals surface area contributed by atoms with Crippen molar-refractivity contribution in [2.24, 2.45) is 0 Å². The van der Waals surface area contributed by atoms with Crippen molar-refractivity contribution in [3.05, 3.63) is 68.2 Å². The molecule has 2 N–H and O–H groups in total. The second-order valence-corrected chi connectivity index (χ2v) is 5.13. The number of phenolic OH excluding ortho intramolecular Hbond substituents is 1. The lowest BCUT2D eigenvalue weighted by atomic mass is 10.1. The van der Waals surface area contributed by atoms with Crippen LogP contribution in [0.25, 0.3) is 0 Å². The summed E-state index contributed by atoms with van der Waals surface area (Å²) in [5.74, 6) is 0.207. The second kappa shape index (κ2) is 6.49. The molecule has 0 aromatic heterocycles. The van der Waals surface area contributed by atoms with E-state index >= 15 is 0 Å². The lowest BCUT2D eigenvalue weighted by Gasteiger charge is -2.08. The predicted octanol–water partition coefficient (Wildman–Crippen LogP) is 3.35. The first kappa shape index (κ1) is 14.5. The van der Waals surface area contributed by atoms with Crippen LogP contribution in [0.5, 0.6) is 5.75 Å². The fourth-order valence-electron chi connectivity index (χ4n) is 1.82. The highest BCUT2D eigenvalue weighted by molar-refractivity contribution is 9.10. The Morgan fingerprint density at radius 3 is 2.70 bits per heavy atom. The normalized spacial score (nSPS) is 10.4. The number of non-ortho nitro benzene ring substituents is 1. The molecular weight excluding hydrogens is 324 g/mol. The van der Waals surface area contributed by atoms with Gasteiger partial charge in [-0.15, -0.1) is 0 Å². The Labute approximate surface area is 124 Å². The summed E-state index contributed by atoms with van der Waals surface area (Å²) in [6.07, 6.45) is 0. The zero-order chi connectivity index (χ0) is 14.5. The fraction of sp³-hybridized carbons (Fsp3) is 0.143. The van der Waals surface area contributed by atoms with Gasteiger partial charge in [0, 0.05) is 30.8 Å². The number of nitrogens with one attached hydrogen (secondary N) is 1. The number of nitro benzene ring substituents is 1. The standard InChI is InChI=1S/C14H13BrN2O3/c15-13-6-2-4-11(14(13)18)9-16-8-10-3-1-5-12(7-10)17(19)20/h1-7,16,18H,8-9H2. The van der Waals surface area contributed by atoms with Gasteiger partial charge in [-0.25, -0.2) is 0 Å². The van der Waals surface area contributed by atoms with Crippen LogP contribution in [-0.4, -0.2) is 10.0 Å². The molecule has 104 valence electrons. The maximum atomic E-state index is 10.7. The molecule has 2 aromatic carbocycles. The van der Waals surface area contributed by atoms with E-state index in [2.05, 4.69) is 21.2 Å². The maximum Gasteiger partial charge on any atom is 0.269 e. The largest absolute Gasteiger partial charge is 0.506 e. The molecule has 5 nitrogen and oxygen atoms in total. The van der Waals surface area contributed by atoms with Gasteiger partial charge in [-0.05, 0) is 27.6 Å². The van der Waals surface area contributed by atoms with Gasteiger partial charge >= 0.3 is 0 Å². The van der Waals surface area contributed by atoms with Gasteiger partial charge in [0.15, 0.2) is 0 Å². The summed E-state index contributed by atoms with van der Waals surface area (Å²) in [5, 5.41) is 23.7. The van der Waals surface area contributed by atoms with Crippen molar-refractivity contribution in [2.45, 2.75) is 13.1 Å². The number of hydrogen-bond donors (Lipinski definition) is 2. The van der Waals surface area contributed by atoms with Crippen molar-refractivity contribution >= 4 is 21.6 Å². The number of nitro groups is 1. The number of halogens is 1. The van der Waals surface area contributed by atoms with Crippen LogP contribution in [-0.2, 0) is 13.1 Å². The quantitative estimate of drug-likeness (QED) is 0.648. The Hall–Kier alpha value is -1.92. The zero-order valence-corrected chi connectivity index (χ0v) is 12.1. The van der Waals surface area contributed by atoms with Gasteiger partial charge in [0.05, 0.1) is 9.40 Å². The van der Waals surface area contributed by atoms with Crippen molar-refractivity contribution < 1.29 is 10.0 Å². The highest BCUT2D eigenvalue weighted by atomic mass is 79.9. The van der Waals surface area contributed by atoms with Gasteiger partial charge in [0.1, 0.15) is 5.75 Å². The van der Waals surface area contributed by atoms with Crippen LogP contribution < -0.4 is 5.32 Å². The van der Waals surface area contributed by atoms with Crippen LogP contribution in [0, 0.1) is 10.1 Å². The molecule has 0 radical (unpaired) electrons. The molecule has 0 aliphatic carbocycles. The minimum Gasteiger partial charge on any atom is -0.506 e. The van der Waals surface area contributed by atoms with E-state index in [1.54, 1.807) is 12.1 Å². The Balaban J connectivity index is 1.98. The number of para-hydroxylation sites is 1. The highest BCUT2D eigenvalue weighted by Crippen LogP contribution is 2.27. The van der Waals surface area contributed by atoms with Crippen LogP contribution in [0.4, 0.5) is 5.69 Å². The van der Waals surface area contributed by atoms with Crippen LogP contribution in [0.15, 0.2) is 46.9 Å². The summed E-state index contributed by atoms with van der Waals surface area (Å²) < 4.78 is 0.646. The summed E-state index contributed by atoms with van der Waals surface area (Å²) >= 11 is 3.26. The summed E-state index contributed by atoms with van der Waals surface area (Å²) in [5.41, 5.74) is 1.67. The third-order valence-electron chi connectivity index (χ3n) is 2.84. The summed E-state index contributed by atoms with van der Waals surface area (Å²) in [6, 6.07) is 11.9. The first-order chi connectivity index (χ1) is 9.58. The van der Waals surface area contributed by atoms with Crippen molar-refractivity contribution in [3.63, 3.8) is 0 Å². The Morgan fingerprint density at radius 2 is 1.95 bits per heavy atom. The van der Waals surface area contributed by atoms with E-state index in [9.17, 15) is 15.2 Å². The predicted molar refractivity (Wildman–Crippen MR) is 79.4 cm³/mol. The highest BCUT2D eigenvalue weighted by Gasteiger charge is 2.06. The van der Waals surface area contributed by atoms with E-state index in [0.717, 1.165) is 11.1 Å². The topological polar surface area (TPSA) is 75.4 Å². The molecule has 0 saturated carbocycles. The third kappa shape index (κ3) is 3.55. The Kier molecular flexibility index (Phi) is 4.70. The molecule has 0 bridgehead atoms. The average molecular weight is 337 g/mol. The molecule has 6 heteroatoms. The third-order valence-corrected chi connectivity index (χ3v) is 3.48. The fourth-order valence-corrected chi connectivity index (χ4v) is 2.23. The molecule has 0 fully saturated rings. The van der Waals surface area contributed by atoms with Gasteiger partial charge in [-0.1, -0.05) is 24.3 Å². The van der Waals surface area contributed by atoms with E-state index in [-0.39, 0.29) is 11.4 Å². The maximum absolute atomic E-state index is 10.7. The van der Waals surface area contributed by atoms with Crippen LogP contribution in [0.3, 0.4) is 0 Å². The number of hydrogen-bond acceptors (Lipinski definition) is 4. The van der Waals surface area contributed by atoms with Gasteiger partial charge < -0.3 is 10.4 Å². The molecule has 0 aliphatic heterocycles. The van der Waals surface area contributed by atoms with Crippen LogP contribution in [0.1, 0.15) is 11.1 Å². The average Bonchev–Trinajstić information content (AvgIpc) is 2.44. The van der Waals surface area contributed by atoms with Gasteiger partial charge in [-0.3, -0.25) is 10.1 Å². The van der Waals surface area contributed by atoms with Gasteiger partial charge in [0.2, 0.25) is 0 Å². The molecule has 0 spiro atoms. The molecular formula is C14H13BrN2O3. The smallest absolute Gasteiger partial charge is 0.269 e. The minimum atomic E-state index is -0.413. The Morgan fingerprint density at radius 1 is 1.20 bits per heavy atom. The van der Waals surface area contributed by atoms with E-state index in [4.69, 9.17) is 0 Å². The summed E-state index contributed by atoms with van der Waals surface area (Å²) in [4.78, 5) is 10.3. The van der Waals surface area contributed by atoms with Crippen molar-refractivity contribution in [3.8, 4) is 5.75 Å². The van der Waals surface area contributed by atoms with Crippen LogP contribution >= 0.6 is 15.9 Å². The lowest BCUT2D eigenvalue weighted by molar-refractivity contribution is -0.384. The Bertz CT molecular complexity index is 632. The lowest BCUT2D eigenvalue weighted by Crippen LogP contribution is -2.12. The van der Waals surface area contributed by atoms with E-state index in [1.807, 2.05) is 18.2 Å². The first-order valence-corrected chi connectivity index (χ1v) is 6.77. The second-order valence-electron chi connectivity index (χ2n) is 4.28. The van der Waals surface area contributed by atoms with Gasteiger partial charge in [0.25, 0.3) is 5.69 Å². The number of rotatable bonds is 5. The number of aromatic hydroxyl groups is 1. The van der Waals surface area contributed by atoms with E-state index in [0.29, 0.717) is 17.6 Å². The molecule has 20 heavy (non-hydrogen) atoms. The summed E-state index contributed by atoms with van der Waals surface area (Å²) in [6.45, 7) is 0.974. The van der Waals surface area contributed by atoms with Gasteiger partial charge in [-0.2, -0.15) is 0 Å². The van der Waals surface area contributed by atoms with Crippen molar-refractivity contribution in [1.82, 2.24) is 5.32 Å². The number of nitrogens with zero attached hydrogens (tertiary/aromatic N) is 1. The zero-order valence-electron chi connectivity index (χ0n) is 10.5. The number of benzene rings is 2.